The maximum absolute atomic E-state index is 11.8. The second kappa shape index (κ2) is 34.8. The molecule has 38 heteroatoms. The number of methoxy groups -OCH3 is 4. The standard InChI is InChI=1S/C12H14ClN5O4.C10H14ClN5O2.C10H16N6O2.C10H15N5O3.C7H10O4/c1-21-7(19)3-6(11(20)22-2)4-18-5-15-8-9(13)16-12(14)17-10(8)18;2*11-8-7-9(15-10(12)14-8)16(5-13-7)3-6(4-18)1-2-17;11-10-13-8-7(9(18)14-10)12-5-15(8)3-6(4-17)1-2-16;1-5(7(9)11-3)4-6(8)10-2/h5-6H,3-4H2,1-2H3,(H2,14,16,17);5-6,17-18H,1-4H2,(H2,12,14,15);5-6,17-18H,1-4H2,(H4,11,12,14,15);5-6,16-17H,1-4H2,(H3,11,13,14,18);1,4H2,2-3H3/t;;;6-;/m...1./s1. The number of aromatic amines is 1. The molecule has 0 aliphatic rings. The number of hydrogen-bond donors (Lipinski definition) is 12. The van der Waals surface area contributed by atoms with Crippen LogP contribution in [0.4, 0.5) is 29.6 Å². The van der Waals surface area contributed by atoms with Crippen LogP contribution in [0.2, 0.25) is 10.3 Å². The van der Waals surface area contributed by atoms with Crippen molar-refractivity contribution in [3.05, 3.63) is 58.1 Å². The zero-order chi connectivity index (χ0) is 64.5. The van der Waals surface area contributed by atoms with Gasteiger partial charge in [0, 0.05) is 89.1 Å². The Balaban J connectivity index is 0.000000236. The number of carbonyl (C=O) groups is 4. The van der Waals surface area contributed by atoms with Crippen molar-refractivity contribution in [3.63, 3.8) is 0 Å². The second-order valence-corrected chi connectivity index (χ2v) is 19.2. The van der Waals surface area contributed by atoms with Crippen LogP contribution in [-0.2, 0) is 64.3 Å². The number of anilines is 5. The van der Waals surface area contributed by atoms with E-state index in [2.05, 4.69) is 80.6 Å². The molecule has 4 atom stereocenters. The van der Waals surface area contributed by atoms with Gasteiger partial charge >= 0.3 is 23.9 Å². The summed E-state index contributed by atoms with van der Waals surface area (Å²) in [6.45, 7) is 4.80. The fourth-order valence-electron chi connectivity index (χ4n) is 7.82. The number of ether oxygens (including phenoxy) is 4. The number of carbonyl (C=O) groups excluding carboxylic acids is 4. The Morgan fingerprint density at radius 1 is 0.540 bits per heavy atom. The number of fused-ring (bicyclic) bond motifs is 4. The molecule has 0 bridgehead atoms. The van der Waals surface area contributed by atoms with Gasteiger partial charge in [-0.1, -0.05) is 29.8 Å². The summed E-state index contributed by atoms with van der Waals surface area (Å²) < 4.78 is 24.6. The van der Waals surface area contributed by atoms with Crippen molar-refractivity contribution in [1.82, 2.24) is 78.1 Å². The summed E-state index contributed by atoms with van der Waals surface area (Å²) in [6.07, 6.45) is 7.30. The van der Waals surface area contributed by atoms with Gasteiger partial charge in [0.1, 0.15) is 16.6 Å². The van der Waals surface area contributed by atoms with E-state index in [0.717, 1.165) is 0 Å². The molecule has 0 amide bonds. The van der Waals surface area contributed by atoms with Gasteiger partial charge in [0.25, 0.3) is 5.56 Å². The number of nitrogen functional groups attached to an aromatic ring is 5. The van der Waals surface area contributed by atoms with Gasteiger partial charge in [0.05, 0.1) is 72.5 Å². The molecule has 8 heterocycles. The van der Waals surface area contributed by atoms with E-state index in [1.165, 1.54) is 41.1 Å². The highest BCUT2D eigenvalue weighted by molar-refractivity contribution is 6.34. The molecule has 0 aliphatic heterocycles. The van der Waals surface area contributed by atoms with E-state index in [0.29, 0.717) is 78.0 Å². The normalized spacial score (nSPS) is 12.2. The fourth-order valence-corrected chi connectivity index (χ4v) is 8.26. The van der Waals surface area contributed by atoms with Crippen LogP contribution in [-0.4, -0.2) is 201 Å². The number of aromatic nitrogens is 16. The highest BCUT2D eigenvalue weighted by atomic mass is 35.5. The van der Waals surface area contributed by atoms with Crippen molar-refractivity contribution in [3.8, 4) is 0 Å². The number of rotatable bonds is 23. The lowest BCUT2D eigenvalue weighted by molar-refractivity contribution is -0.152. The van der Waals surface area contributed by atoms with Gasteiger partial charge in [0.2, 0.25) is 23.8 Å². The van der Waals surface area contributed by atoms with Gasteiger partial charge in [-0.3, -0.25) is 24.2 Å². The summed E-state index contributed by atoms with van der Waals surface area (Å²) >= 11 is 11.8. The summed E-state index contributed by atoms with van der Waals surface area (Å²) in [7, 11) is 4.96. The summed E-state index contributed by atoms with van der Waals surface area (Å²) in [6, 6.07) is 0. The largest absolute Gasteiger partial charge is 0.469 e. The number of nitrogens with two attached hydrogens (primary N) is 5. The molecule has 0 radical (unpaired) electrons. The van der Waals surface area contributed by atoms with E-state index in [1.807, 2.05) is 0 Å². The summed E-state index contributed by atoms with van der Waals surface area (Å²) in [4.78, 5) is 102. The molecular weight excluding hydrogens is 1190 g/mol. The van der Waals surface area contributed by atoms with Crippen molar-refractivity contribution in [2.75, 3.05) is 96.7 Å². The van der Waals surface area contributed by atoms with Crippen molar-refractivity contribution >= 4 is 121 Å². The molecule has 0 aromatic carbocycles. The third-order valence-electron chi connectivity index (χ3n) is 12.3. The SMILES string of the molecule is C=C(CC(=O)OC)C(=O)OC.COC(=O)CC(Cn1cnc2c(Cl)nc(N)nc21)C(=O)OC.Nc1nc(Cl)c2ncn(CC(CO)CCO)c2n1.Nc1nc(N)c2ncn(CC(CO)CCO)c2n1.Nc1nc2c(ncn2C[C@H](CO)CCO)c(=O)[nH]1. The molecule has 0 aliphatic carbocycles. The average Bonchev–Trinajstić information content (AvgIpc) is 2.29. The van der Waals surface area contributed by atoms with Crippen LogP contribution in [0.5, 0.6) is 0 Å². The third-order valence-corrected chi connectivity index (χ3v) is 12.8. The minimum absolute atomic E-state index is 0.00595. The lowest BCUT2D eigenvalue weighted by Crippen LogP contribution is -2.25. The van der Waals surface area contributed by atoms with Crippen LogP contribution >= 0.6 is 23.2 Å². The molecular formula is C49H69Cl2N21O15. The molecule has 8 aromatic heterocycles. The lowest BCUT2D eigenvalue weighted by Gasteiger charge is -2.14. The molecule has 17 N–H and O–H groups in total. The molecule has 474 valence electrons. The number of hydrogen-bond acceptors (Lipinski definition) is 31. The summed E-state index contributed by atoms with van der Waals surface area (Å²) in [5, 5.41) is 54.6. The first kappa shape index (κ1) is 70.4. The maximum Gasteiger partial charge on any atom is 0.333 e. The van der Waals surface area contributed by atoms with Crippen LogP contribution in [0.15, 0.2) is 42.3 Å². The minimum atomic E-state index is -0.746. The van der Waals surface area contributed by atoms with Gasteiger partial charge in [-0.15, -0.1) is 0 Å². The van der Waals surface area contributed by atoms with E-state index >= 15 is 0 Å². The fraction of sp³-hybridized carbons (Fsp3) is 0.469. The van der Waals surface area contributed by atoms with E-state index in [-0.39, 0.29) is 133 Å². The van der Waals surface area contributed by atoms with Gasteiger partial charge in [-0.25, -0.2) is 24.7 Å². The summed E-state index contributed by atoms with van der Waals surface area (Å²) in [5.74, 6) is -2.73. The van der Waals surface area contributed by atoms with E-state index in [1.54, 1.807) is 30.9 Å². The van der Waals surface area contributed by atoms with Crippen LogP contribution in [0.25, 0.3) is 44.7 Å². The number of halogens is 2. The quantitative estimate of drug-likeness (QED) is 0.0149. The zero-order valence-electron chi connectivity index (χ0n) is 47.6. The van der Waals surface area contributed by atoms with Crippen molar-refractivity contribution in [1.29, 1.82) is 0 Å². The first-order valence-electron chi connectivity index (χ1n) is 25.9. The van der Waals surface area contributed by atoms with Crippen LogP contribution < -0.4 is 34.2 Å². The van der Waals surface area contributed by atoms with Gasteiger partial charge in [-0.05, 0) is 19.3 Å². The molecule has 3 unspecified atom stereocenters. The number of esters is 4. The highest BCUT2D eigenvalue weighted by Gasteiger charge is 2.26. The number of aliphatic hydroxyl groups is 6. The number of H-pyrrole nitrogens is 1. The smallest absolute Gasteiger partial charge is 0.333 e. The Labute approximate surface area is 503 Å². The molecule has 0 spiro atoms. The Kier molecular flexibility index (Phi) is 28.2. The monoisotopic (exact) mass is 1260 g/mol. The van der Waals surface area contributed by atoms with Crippen LogP contribution in [0.1, 0.15) is 32.1 Å². The molecule has 8 aromatic rings. The van der Waals surface area contributed by atoms with E-state index < -0.39 is 29.8 Å². The summed E-state index contributed by atoms with van der Waals surface area (Å²) in [5.41, 5.74) is 30.9. The number of aliphatic hydroxyl groups excluding tert-OH is 6. The molecule has 36 nitrogen and oxygen atoms in total. The van der Waals surface area contributed by atoms with Gasteiger partial charge in [0.15, 0.2) is 44.2 Å². The van der Waals surface area contributed by atoms with Gasteiger partial charge in [-0.2, -0.15) is 34.9 Å². The Morgan fingerprint density at radius 2 is 0.931 bits per heavy atom. The molecule has 87 heavy (non-hydrogen) atoms. The number of nitrogens with one attached hydrogen (secondary N) is 1. The predicted octanol–water partition coefficient (Wildman–Crippen LogP) is -1.58. The average molecular weight is 1260 g/mol. The number of imidazole rings is 4. The minimum Gasteiger partial charge on any atom is -0.469 e. The topological polar surface area (TPSA) is 551 Å². The Morgan fingerprint density at radius 3 is 1.33 bits per heavy atom. The Bertz CT molecular complexity index is 3530. The molecule has 0 saturated carbocycles. The van der Waals surface area contributed by atoms with Crippen LogP contribution in [0, 0.1) is 23.7 Å². The molecule has 0 saturated heterocycles. The van der Waals surface area contributed by atoms with Crippen LogP contribution in [0.3, 0.4) is 0 Å². The van der Waals surface area contributed by atoms with E-state index in [9.17, 15) is 39.3 Å². The third kappa shape index (κ3) is 20.3. The highest BCUT2D eigenvalue weighted by Crippen LogP contribution is 2.24. The van der Waals surface area contributed by atoms with E-state index in [4.69, 9.17) is 71.9 Å². The second-order valence-electron chi connectivity index (χ2n) is 18.5. The van der Waals surface area contributed by atoms with Crippen molar-refractivity contribution < 1.29 is 68.8 Å². The number of nitrogens with zero attached hydrogens (tertiary/aromatic N) is 15. The van der Waals surface area contributed by atoms with Gasteiger partial charge < -0.3 is 96.5 Å². The van der Waals surface area contributed by atoms with Crippen molar-refractivity contribution in [2.24, 2.45) is 23.7 Å². The maximum atomic E-state index is 11.8. The molecule has 0 fully saturated rings. The first-order chi connectivity index (χ1) is 41.5. The zero-order valence-corrected chi connectivity index (χ0v) is 49.2. The molecule has 8 rings (SSSR count). The first-order valence-corrected chi connectivity index (χ1v) is 26.6. The van der Waals surface area contributed by atoms with Crippen molar-refractivity contribution in [2.45, 2.75) is 58.3 Å². The Hall–Kier alpha value is -9.04. The predicted molar refractivity (Wildman–Crippen MR) is 313 cm³/mol. The lowest BCUT2D eigenvalue weighted by atomic mass is 10.1.